The van der Waals surface area contributed by atoms with Gasteiger partial charge in [0.2, 0.25) is 0 Å². The lowest BCUT2D eigenvalue weighted by Gasteiger charge is -2.09. The van der Waals surface area contributed by atoms with E-state index < -0.39 is 11.3 Å². The van der Waals surface area contributed by atoms with Gasteiger partial charge in [-0.25, -0.2) is 0 Å². The van der Waals surface area contributed by atoms with Crippen LogP contribution in [0.3, 0.4) is 0 Å². The molecule has 0 spiro atoms. The van der Waals surface area contributed by atoms with E-state index >= 15 is 0 Å². The van der Waals surface area contributed by atoms with Crippen molar-refractivity contribution < 1.29 is 13.6 Å². The first-order valence-corrected chi connectivity index (χ1v) is 10.1. The average Bonchev–Trinajstić information content (AvgIpc) is 3.07. The highest BCUT2D eigenvalue weighted by Gasteiger charge is 2.17. The van der Waals surface area contributed by atoms with Crippen LogP contribution in [0.4, 0.5) is 5.69 Å². The molecule has 1 N–H and O–H groups in total. The van der Waals surface area contributed by atoms with Crippen molar-refractivity contribution >= 4 is 45.7 Å². The van der Waals surface area contributed by atoms with E-state index in [1.54, 1.807) is 24.3 Å². The highest BCUT2D eigenvalue weighted by atomic mass is 35.5. The zero-order chi connectivity index (χ0) is 18.7. The van der Waals surface area contributed by atoms with Crippen LogP contribution in [0.5, 0.6) is 0 Å². The van der Waals surface area contributed by atoms with E-state index in [0.717, 1.165) is 21.6 Å². The Morgan fingerprint density at radius 1 is 1.12 bits per heavy atom. The maximum atomic E-state index is 12.4. The fraction of sp³-hybridized carbons (Fsp3) is 0.105. The Bertz CT molecular complexity index is 950. The number of anilines is 1. The molecular formula is C19H15ClNO3S2-. The maximum absolute atomic E-state index is 12.4. The van der Waals surface area contributed by atoms with Gasteiger partial charge in [-0.2, -0.15) is 0 Å². The molecule has 0 bridgehead atoms. The van der Waals surface area contributed by atoms with E-state index in [9.17, 15) is 13.6 Å². The van der Waals surface area contributed by atoms with E-state index in [1.165, 1.54) is 11.3 Å². The minimum Gasteiger partial charge on any atom is -0.755 e. The molecule has 134 valence electrons. The van der Waals surface area contributed by atoms with Crippen LogP contribution >= 0.6 is 22.9 Å². The third-order valence-corrected chi connectivity index (χ3v) is 5.71. The topological polar surface area (TPSA) is 69.2 Å². The molecule has 3 aromatic rings. The smallest absolute Gasteiger partial charge is 0.173 e. The Labute approximate surface area is 163 Å². The number of ketones is 1. The SMILES string of the molecule is CCC(=O)c1sc(-c2ccc(Cl)cc2)cc1-c1ccc(NS(=O)[O-])cc1. The first kappa shape index (κ1) is 18.8. The number of carbonyl (C=O) groups is 1. The predicted octanol–water partition coefficient (Wildman–Crippen LogP) is 5.53. The van der Waals surface area contributed by atoms with Gasteiger partial charge < -0.3 is 9.27 Å². The van der Waals surface area contributed by atoms with E-state index in [0.29, 0.717) is 22.0 Å². The average molecular weight is 405 g/mol. The summed E-state index contributed by atoms with van der Waals surface area (Å²) in [7, 11) is 0. The van der Waals surface area contributed by atoms with E-state index in [4.69, 9.17) is 11.6 Å². The van der Waals surface area contributed by atoms with Gasteiger partial charge in [0.15, 0.2) is 5.78 Å². The first-order chi connectivity index (χ1) is 12.5. The molecule has 3 rings (SSSR count). The third-order valence-electron chi connectivity index (χ3n) is 3.83. The van der Waals surface area contributed by atoms with Crippen LogP contribution in [0.25, 0.3) is 21.6 Å². The highest BCUT2D eigenvalue weighted by molar-refractivity contribution is 7.80. The molecule has 26 heavy (non-hydrogen) atoms. The van der Waals surface area contributed by atoms with Crippen molar-refractivity contribution in [2.24, 2.45) is 0 Å². The Balaban J connectivity index is 2.03. The number of hydrogen-bond donors (Lipinski definition) is 1. The summed E-state index contributed by atoms with van der Waals surface area (Å²) in [6, 6.07) is 16.4. The Morgan fingerprint density at radius 3 is 2.31 bits per heavy atom. The monoisotopic (exact) mass is 404 g/mol. The lowest BCUT2D eigenvalue weighted by molar-refractivity contribution is 0.0992. The second-order valence-electron chi connectivity index (χ2n) is 5.55. The summed E-state index contributed by atoms with van der Waals surface area (Å²) in [5.74, 6) is 0.0769. The summed E-state index contributed by atoms with van der Waals surface area (Å²) >= 11 is 5.04. The Kier molecular flexibility index (Phi) is 5.88. The maximum Gasteiger partial charge on any atom is 0.173 e. The third kappa shape index (κ3) is 4.22. The molecule has 1 unspecified atom stereocenters. The molecule has 1 atom stereocenters. The summed E-state index contributed by atoms with van der Waals surface area (Å²) in [5.41, 5.74) is 3.18. The molecule has 4 nitrogen and oxygen atoms in total. The number of nitrogens with one attached hydrogen (secondary N) is 1. The lowest BCUT2D eigenvalue weighted by Crippen LogP contribution is -2.01. The van der Waals surface area contributed by atoms with Crippen LogP contribution in [0.2, 0.25) is 5.02 Å². The Morgan fingerprint density at radius 2 is 1.73 bits per heavy atom. The second kappa shape index (κ2) is 8.14. The van der Waals surface area contributed by atoms with Crippen LogP contribution in [-0.4, -0.2) is 14.5 Å². The van der Waals surface area contributed by atoms with E-state index in [2.05, 4.69) is 4.72 Å². The van der Waals surface area contributed by atoms with Gasteiger partial charge in [-0.3, -0.25) is 9.00 Å². The normalized spacial score (nSPS) is 12.0. The number of benzene rings is 2. The number of halogens is 1. The number of rotatable bonds is 6. The molecule has 0 saturated carbocycles. The standard InChI is InChI=1S/C19H16ClNO3S2/c1-2-17(22)19-16(12-5-9-15(10-6-12)21-26(23)24)11-18(25-19)13-3-7-14(20)8-4-13/h3-11,21H,2H2,1H3,(H,23,24)/p-1. The summed E-state index contributed by atoms with van der Waals surface area (Å²) in [6.07, 6.45) is 0.419. The summed E-state index contributed by atoms with van der Waals surface area (Å²) in [4.78, 5) is 14.1. The minimum absolute atomic E-state index is 0.0769. The van der Waals surface area contributed by atoms with Gasteiger partial charge in [-0.05, 0) is 41.5 Å². The van der Waals surface area contributed by atoms with Crippen molar-refractivity contribution in [1.82, 2.24) is 0 Å². The number of hydrogen-bond acceptors (Lipinski definition) is 4. The van der Waals surface area contributed by atoms with Crippen LogP contribution in [0, 0.1) is 0 Å². The quantitative estimate of drug-likeness (QED) is 0.433. The van der Waals surface area contributed by atoms with Gasteiger partial charge in [-0.1, -0.05) is 42.8 Å². The van der Waals surface area contributed by atoms with Gasteiger partial charge in [0.25, 0.3) is 0 Å². The number of thiophene rings is 1. The van der Waals surface area contributed by atoms with Crippen molar-refractivity contribution in [1.29, 1.82) is 0 Å². The summed E-state index contributed by atoms with van der Waals surface area (Å²) in [6.45, 7) is 1.84. The van der Waals surface area contributed by atoms with Crippen LogP contribution in [-0.2, 0) is 11.3 Å². The van der Waals surface area contributed by atoms with Gasteiger partial charge in [-0.15, -0.1) is 11.3 Å². The lowest BCUT2D eigenvalue weighted by atomic mass is 10.0. The molecule has 0 fully saturated rings. The molecule has 0 aliphatic carbocycles. The molecule has 1 aromatic heterocycles. The molecule has 0 saturated heterocycles. The molecule has 0 aliphatic heterocycles. The largest absolute Gasteiger partial charge is 0.755 e. The van der Waals surface area contributed by atoms with Crippen molar-refractivity contribution in [3.05, 3.63) is 64.5 Å². The zero-order valence-corrected chi connectivity index (χ0v) is 16.2. The van der Waals surface area contributed by atoms with E-state index in [-0.39, 0.29) is 5.78 Å². The van der Waals surface area contributed by atoms with E-state index in [1.807, 2.05) is 37.3 Å². The van der Waals surface area contributed by atoms with Crippen molar-refractivity contribution in [2.75, 3.05) is 4.72 Å². The van der Waals surface area contributed by atoms with Crippen LogP contribution < -0.4 is 4.72 Å². The molecular weight excluding hydrogens is 390 g/mol. The minimum atomic E-state index is -2.37. The molecule has 7 heteroatoms. The van der Waals surface area contributed by atoms with Gasteiger partial charge in [0.1, 0.15) is 0 Å². The second-order valence-corrected chi connectivity index (χ2v) is 7.71. The first-order valence-electron chi connectivity index (χ1n) is 7.87. The van der Waals surface area contributed by atoms with Gasteiger partial charge in [0.05, 0.1) is 4.88 Å². The molecule has 0 aliphatic rings. The van der Waals surface area contributed by atoms with Crippen molar-refractivity contribution in [3.8, 4) is 21.6 Å². The van der Waals surface area contributed by atoms with Crippen molar-refractivity contribution in [2.45, 2.75) is 13.3 Å². The number of carbonyl (C=O) groups excluding carboxylic acids is 1. The van der Waals surface area contributed by atoms with Crippen LogP contribution in [0.15, 0.2) is 54.6 Å². The number of Topliss-reactive ketones (excluding diaryl/α,β-unsaturated/α-hetero) is 1. The predicted molar refractivity (Wildman–Crippen MR) is 107 cm³/mol. The van der Waals surface area contributed by atoms with Gasteiger partial charge in [0, 0.05) is 38.8 Å². The highest BCUT2D eigenvalue weighted by Crippen LogP contribution is 2.38. The van der Waals surface area contributed by atoms with Crippen LogP contribution in [0.1, 0.15) is 23.0 Å². The fourth-order valence-electron chi connectivity index (χ4n) is 2.54. The summed E-state index contributed by atoms with van der Waals surface area (Å²) in [5, 5.41) is 0.661. The molecule has 2 aromatic carbocycles. The fourth-order valence-corrected chi connectivity index (χ4v) is 4.19. The van der Waals surface area contributed by atoms with Crippen molar-refractivity contribution in [3.63, 3.8) is 0 Å². The van der Waals surface area contributed by atoms with Gasteiger partial charge >= 0.3 is 0 Å². The molecule has 0 radical (unpaired) electrons. The zero-order valence-electron chi connectivity index (χ0n) is 13.8. The Hall–Kier alpha value is -1.99. The molecule has 1 heterocycles. The summed E-state index contributed by atoms with van der Waals surface area (Å²) < 4.78 is 23.8. The molecule has 0 amide bonds.